The highest BCUT2D eigenvalue weighted by molar-refractivity contribution is 5.71. The van der Waals surface area contributed by atoms with Crippen LogP contribution in [0.5, 0.6) is 0 Å². The van der Waals surface area contributed by atoms with Crippen molar-refractivity contribution in [3.63, 3.8) is 0 Å². The molecule has 0 spiro atoms. The fraction of sp³-hybridized carbons (Fsp3) is 0.167. The normalized spacial score (nSPS) is 12.4. The van der Waals surface area contributed by atoms with Crippen LogP contribution >= 0.6 is 0 Å². The lowest BCUT2D eigenvalue weighted by Crippen LogP contribution is -1.99. The van der Waals surface area contributed by atoms with Gasteiger partial charge in [0.05, 0.1) is 11.9 Å². The number of hydrogen-bond donors (Lipinski definition) is 0. The summed E-state index contributed by atoms with van der Waals surface area (Å²) < 4.78 is 0. The Hall–Kier alpha value is -2.15. The Bertz CT molecular complexity index is 514. The molecule has 0 aliphatic rings. The van der Waals surface area contributed by atoms with Gasteiger partial charge >= 0.3 is 0 Å². The minimum Gasteiger partial charge on any atom is -0.251 e. The summed E-state index contributed by atoms with van der Waals surface area (Å²) in [6.45, 7) is 3.79. The molecule has 0 bridgehead atoms. The van der Waals surface area contributed by atoms with Gasteiger partial charge in [-0.2, -0.15) is 0 Å². The quantitative estimate of drug-likeness (QED) is 0.503. The number of nitrogens with zero attached hydrogens (tertiary/aromatic N) is 1. The fourth-order valence-electron chi connectivity index (χ4n) is 1.93. The molecule has 95 valence electrons. The lowest BCUT2D eigenvalue weighted by molar-refractivity contribution is 0.795. The van der Waals surface area contributed by atoms with Gasteiger partial charge in [-0.15, -0.1) is 6.58 Å². The van der Waals surface area contributed by atoms with Gasteiger partial charge in [-0.25, -0.2) is 0 Å². The maximum Gasteiger partial charge on any atom is 0.0706 e. The van der Waals surface area contributed by atoms with E-state index in [9.17, 15) is 0 Å². The van der Waals surface area contributed by atoms with Crippen LogP contribution in [0.15, 0.2) is 78.3 Å². The highest BCUT2D eigenvalue weighted by atomic mass is 14.7. The second kappa shape index (κ2) is 7.32. The Labute approximate surface area is 115 Å². The number of hydrogen-bond acceptors (Lipinski definition) is 1. The van der Waals surface area contributed by atoms with Crippen LogP contribution in [0.3, 0.4) is 0 Å². The first-order valence-electron chi connectivity index (χ1n) is 6.57. The van der Waals surface area contributed by atoms with Gasteiger partial charge in [-0.3, -0.25) is 4.99 Å². The van der Waals surface area contributed by atoms with Gasteiger partial charge in [0.1, 0.15) is 0 Å². The van der Waals surface area contributed by atoms with Crippen molar-refractivity contribution >= 4 is 11.9 Å². The summed E-state index contributed by atoms with van der Waals surface area (Å²) in [5.41, 5.74) is 2.20. The van der Waals surface area contributed by atoms with E-state index < -0.39 is 0 Å². The van der Waals surface area contributed by atoms with Gasteiger partial charge in [-0.1, -0.05) is 54.6 Å². The topological polar surface area (TPSA) is 12.4 Å². The Morgan fingerprint density at radius 3 is 2.26 bits per heavy atom. The van der Waals surface area contributed by atoms with E-state index in [2.05, 4.69) is 42.1 Å². The number of allylic oxidation sites excluding steroid dienone is 1. The first kappa shape index (κ1) is 13.3. The lowest BCUT2D eigenvalue weighted by atomic mass is 9.95. The fourth-order valence-corrected chi connectivity index (χ4v) is 1.93. The maximum atomic E-state index is 4.45. The zero-order chi connectivity index (χ0) is 13.3. The van der Waals surface area contributed by atoms with Crippen molar-refractivity contribution in [2.24, 2.45) is 4.99 Å². The average molecular weight is 248 g/mol. The van der Waals surface area contributed by atoms with Crippen molar-refractivity contribution in [1.82, 2.24) is 0 Å². The van der Waals surface area contributed by atoms with Crippen LogP contribution < -0.4 is 0 Å². The SMILES string of the molecule is C=CCCC([C]=Nc1ccccc1)c1ccccc1. The standard InChI is InChI=1S/C18H18N/c1-2-3-10-17(16-11-6-4-7-12-16)15-19-18-13-8-5-9-14-18/h2,4-9,11-14,17H,1,3,10H2. The van der Waals surface area contributed by atoms with Gasteiger partial charge in [-0.05, 0) is 30.5 Å². The van der Waals surface area contributed by atoms with E-state index in [1.165, 1.54) is 5.56 Å². The third kappa shape index (κ3) is 4.22. The molecule has 0 saturated carbocycles. The lowest BCUT2D eigenvalue weighted by Gasteiger charge is -2.10. The van der Waals surface area contributed by atoms with Gasteiger partial charge in [0.25, 0.3) is 0 Å². The molecule has 0 N–H and O–H groups in total. The summed E-state index contributed by atoms with van der Waals surface area (Å²) in [6, 6.07) is 20.3. The van der Waals surface area contributed by atoms with E-state index in [0.29, 0.717) is 0 Å². The molecule has 1 radical (unpaired) electrons. The largest absolute Gasteiger partial charge is 0.251 e. The van der Waals surface area contributed by atoms with Crippen molar-refractivity contribution in [3.8, 4) is 0 Å². The molecule has 1 nitrogen and oxygen atoms in total. The maximum absolute atomic E-state index is 4.45. The van der Waals surface area contributed by atoms with Crippen molar-refractivity contribution < 1.29 is 0 Å². The van der Waals surface area contributed by atoms with E-state index in [1.54, 1.807) is 0 Å². The van der Waals surface area contributed by atoms with Crippen LogP contribution in [0.2, 0.25) is 0 Å². The van der Waals surface area contributed by atoms with Gasteiger partial charge in [0, 0.05) is 5.92 Å². The molecule has 2 aromatic rings. The summed E-state index contributed by atoms with van der Waals surface area (Å²) in [5.74, 6) is 0.222. The minimum atomic E-state index is 0.222. The minimum absolute atomic E-state index is 0.222. The highest BCUT2D eigenvalue weighted by Crippen LogP contribution is 2.21. The van der Waals surface area contributed by atoms with Crippen molar-refractivity contribution in [2.45, 2.75) is 18.8 Å². The second-order valence-corrected chi connectivity index (χ2v) is 4.41. The summed E-state index contributed by atoms with van der Waals surface area (Å²) in [6.07, 6.45) is 7.17. The molecule has 1 atom stereocenters. The Kier molecular flexibility index (Phi) is 5.12. The van der Waals surface area contributed by atoms with E-state index >= 15 is 0 Å². The molecular formula is C18H18N. The molecule has 1 unspecified atom stereocenters. The van der Waals surface area contributed by atoms with Crippen LogP contribution in [0.25, 0.3) is 0 Å². The Balaban J connectivity index is 2.14. The molecular weight excluding hydrogens is 230 g/mol. The molecule has 1 heteroatoms. The third-order valence-corrected chi connectivity index (χ3v) is 2.97. The smallest absolute Gasteiger partial charge is 0.0706 e. The highest BCUT2D eigenvalue weighted by Gasteiger charge is 2.08. The first-order valence-corrected chi connectivity index (χ1v) is 6.57. The van der Waals surface area contributed by atoms with Crippen molar-refractivity contribution in [3.05, 3.63) is 78.9 Å². The zero-order valence-electron chi connectivity index (χ0n) is 11.0. The Morgan fingerprint density at radius 1 is 1.00 bits per heavy atom. The molecule has 0 fully saturated rings. The van der Waals surface area contributed by atoms with Crippen LogP contribution in [-0.2, 0) is 0 Å². The summed E-state index contributed by atoms with van der Waals surface area (Å²) in [5, 5.41) is 0. The van der Waals surface area contributed by atoms with Gasteiger partial charge in [0.2, 0.25) is 0 Å². The monoisotopic (exact) mass is 248 g/mol. The van der Waals surface area contributed by atoms with E-state index in [4.69, 9.17) is 0 Å². The van der Waals surface area contributed by atoms with Crippen molar-refractivity contribution in [1.29, 1.82) is 0 Å². The second-order valence-electron chi connectivity index (χ2n) is 4.41. The molecule has 0 aromatic heterocycles. The van der Waals surface area contributed by atoms with Gasteiger partial charge < -0.3 is 0 Å². The van der Waals surface area contributed by atoms with E-state index in [-0.39, 0.29) is 5.92 Å². The zero-order valence-corrected chi connectivity index (χ0v) is 11.0. The molecule has 0 saturated heterocycles. The van der Waals surface area contributed by atoms with Crippen molar-refractivity contribution in [2.75, 3.05) is 0 Å². The molecule has 19 heavy (non-hydrogen) atoms. The number of aliphatic imine (C=N–C) groups is 1. The van der Waals surface area contributed by atoms with Crippen LogP contribution in [0.1, 0.15) is 24.3 Å². The summed E-state index contributed by atoms with van der Waals surface area (Å²) in [4.78, 5) is 4.45. The number of rotatable bonds is 6. The number of para-hydroxylation sites is 1. The third-order valence-electron chi connectivity index (χ3n) is 2.97. The molecule has 0 aliphatic heterocycles. The Morgan fingerprint density at radius 2 is 1.63 bits per heavy atom. The van der Waals surface area contributed by atoms with Crippen LogP contribution in [-0.4, -0.2) is 6.21 Å². The predicted octanol–water partition coefficient (Wildman–Crippen LogP) is 5.02. The summed E-state index contributed by atoms with van der Waals surface area (Å²) in [7, 11) is 0. The molecule has 2 aromatic carbocycles. The van der Waals surface area contributed by atoms with E-state index in [0.717, 1.165) is 18.5 Å². The molecule has 0 amide bonds. The van der Waals surface area contributed by atoms with Crippen LogP contribution in [0, 0.1) is 0 Å². The molecule has 2 rings (SSSR count). The molecule has 0 heterocycles. The molecule has 0 aliphatic carbocycles. The number of benzene rings is 2. The average Bonchev–Trinajstić information content (AvgIpc) is 2.49. The predicted molar refractivity (Wildman–Crippen MR) is 82.2 cm³/mol. The van der Waals surface area contributed by atoms with E-state index in [1.807, 2.05) is 42.5 Å². The summed E-state index contributed by atoms with van der Waals surface area (Å²) >= 11 is 0. The van der Waals surface area contributed by atoms with Crippen LogP contribution in [0.4, 0.5) is 5.69 Å². The first-order chi connectivity index (χ1) is 9.40. The van der Waals surface area contributed by atoms with Gasteiger partial charge in [0.15, 0.2) is 0 Å².